The zero-order chi connectivity index (χ0) is 14.0. The molecule has 1 N–H and O–H groups in total. The monoisotopic (exact) mass is 265 g/mol. The van der Waals surface area contributed by atoms with Crippen LogP contribution in [0.4, 0.5) is 5.69 Å². The highest BCUT2D eigenvalue weighted by atomic mass is 16.5. The van der Waals surface area contributed by atoms with Crippen molar-refractivity contribution in [2.24, 2.45) is 5.92 Å². The second kappa shape index (κ2) is 5.59. The number of benzene rings is 1. The minimum absolute atomic E-state index is 0.0894. The highest BCUT2D eigenvalue weighted by molar-refractivity contribution is 5.95. The molecule has 5 nitrogen and oxygen atoms in total. The summed E-state index contributed by atoms with van der Waals surface area (Å²) < 4.78 is 10.7. The van der Waals surface area contributed by atoms with E-state index in [0.29, 0.717) is 24.5 Å². The fraction of sp³-hybridized carbons (Fsp3) is 0.500. The largest absolute Gasteiger partial charge is 0.488 e. The van der Waals surface area contributed by atoms with E-state index in [4.69, 9.17) is 9.47 Å². The normalized spacial score (nSPS) is 20.1. The van der Waals surface area contributed by atoms with Crippen molar-refractivity contribution in [2.45, 2.75) is 26.4 Å². The van der Waals surface area contributed by atoms with Gasteiger partial charge in [0.05, 0.1) is 12.3 Å². The van der Waals surface area contributed by atoms with Crippen LogP contribution in [-0.4, -0.2) is 30.9 Å². The van der Waals surface area contributed by atoms with E-state index in [0.717, 1.165) is 10.6 Å². The first kappa shape index (κ1) is 13.8. The van der Waals surface area contributed by atoms with Crippen LogP contribution in [0.1, 0.15) is 19.4 Å². The number of nitrogens with zero attached hydrogens (tertiary/aromatic N) is 1. The van der Waals surface area contributed by atoms with Crippen LogP contribution in [0.2, 0.25) is 0 Å². The molecule has 1 aromatic rings. The quantitative estimate of drug-likeness (QED) is 0.846. The van der Waals surface area contributed by atoms with E-state index in [1.165, 1.54) is 0 Å². The second-order valence-electron chi connectivity index (χ2n) is 4.93. The number of carbonyl (C=O) groups is 1. The first-order chi connectivity index (χ1) is 9.02. The molecule has 0 bridgehead atoms. The molecule has 0 fully saturated rings. The molecule has 1 amide bonds. The predicted octanol–water partition coefficient (Wildman–Crippen LogP) is 2.01. The van der Waals surface area contributed by atoms with Gasteiger partial charge in [-0.15, -0.1) is 0 Å². The number of hydrogen-bond acceptors (Lipinski definition) is 4. The van der Waals surface area contributed by atoms with E-state index >= 15 is 0 Å². The van der Waals surface area contributed by atoms with Crippen molar-refractivity contribution in [3.8, 4) is 5.75 Å². The van der Waals surface area contributed by atoms with Crippen LogP contribution in [0.25, 0.3) is 0 Å². The first-order valence-corrected chi connectivity index (χ1v) is 6.34. The summed E-state index contributed by atoms with van der Waals surface area (Å²) in [6.45, 7) is 4.18. The highest BCUT2D eigenvalue weighted by Gasteiger charge is 2.29. The van der Waals surface area contributed by atoms with Crippen LogP contribution in [0.5, 0.6) is 5.75 Å². The van der Waals surface area contributed by atoms with Crippen molar-refractivity contribution < 1.29 is 19.5 Å². The number of carbonyl (C=O) groups excluding carboxylic acids is 1. The SMILES string of the molecule is COC[C@H](C)Oc1ccc2c(c1)N(O)C(=O)C(C)C2. The number of hydrogen-bond donors (Lipinski definition) is 1. The molecule has 0 saturated heterocycles. The Hall–Kier alpha value is -1.59. The minimum Gasteiger partial charge on any atom is -0.488 e. The first-order valence-electron chi connectivity index (χ1n) is 6.34. The third-order valence-corrected chi connectivity index (χ3v) is 3.18. The lowest BCUT2D eigenvalue weighted by molar-refractivity contribution is -0.127. The highest BCUT2D eigenvalue weighted by Crippen LogP contribution is 2.32. The average Bonchev–Trinajstić information content (AvgIpc) is 2.37. The van der Waals surface area contributed by atoms with Crippen LogP contribution >= 0.6 is 0 Å². The van der Waals surface area contributed by atoms with Gasteiger partial charge in [0, 0.05) is 19.1 Å². The Morgan fingerprint density at radius 2 is 2.26 bits per heavy atom. The van der Waals surface area contributed by atoms with Gasteiger partial charge in [0.2, 0.25) is 0 Å². The number of ether oxygens (including phenoxy) is 2. The summed E-state index contributed by atoms with van der Waals surface area (Å²) in [6.07, 6.45) is 0.549. The third-order valence-electron chi connectivity index (χ3n) is 3.18. The van der Waals surface area contributed by atoms with E-state index in [9.17, 15) is 10.0 Å². The van der Waals surface area contributed by atoms with Crippen molar-refractivity contribution in [3.63, 3.8) is 0 Å². The van der Waals surface area contributed by atoms with Gasteiger partial charge >= 0.3 is 0 Å². The van der Waals surface area contributed by atoms with Gasteiger partial charge in [-0.3, -0.25) is 10.0 Å². The summed E-state index contributed by atoms with van der Waals surface area (Å²) in [5, 5.41) is 10.6. The summed E-state index contributed by atoms with van der Waals surface area (Å²) in [7, 11) is 1.61. The molecule has 2 rings (SSSR count). The van der Waals surface area contributed by atoms with E-state index < -0.39 is 0 Å². The summed E-state index contributed by atoms with van der Waals surface area (Å²) in [5.41, 5.74) is 1.45. The minimum atomic E-state index is -0.283. The molecule has 5 heteroatoms. The van der Waals surface area contributed by atoms with Gasteiger partial charge in [-0.2, -0.15) is 5.06 Å². The van der Waals surface area contributed by atoms with E-state index in [-0.39, 0.29) is 17.9 Å². The lowest BCUT2D eigenvalue weighted by atomic mass is 9.94. The lowest BCUT2D eigenvalue weighted by Gasteiger charge is -2.28. The van der Waals surface area contributed by atoms with Crippen molar-refractivity contribution >= 4 is 11.6 Å². The van der Waals surface area contributed by atoms with Crippen molar-refractivity contribution in [1.82, 2.24) is 0 Å². The number of methoxy groups -OCH3 is 1. The van der Waals surface area contributed by atoms with Gasteiger partial charge in [0.1, 0.15) is 11.9 Å². The standard InChI is InChI=1S/C14H19NO4/c1-9-6-11-4-5-12(19-10(2)8-18-3)7-13(11)15(17)14(9)16/h4-5,7,9-10,17H,6,8H2,1-3H3/t9?,10-/m0/s1. The maximum atomic E-state index is 11.7. The Labute approximate surface area is 112 Å². The fourth-order valence-corrected chi connectivity index (χ4v) is 2.23. The molecule has 0 aliphatic carbocycles. The molecule has 0 spiro atoms. The summed E-state index contributed by atoms with van der Waals surface area (Å²) in [5.74, 6) is 0.135. The number of rotatable bonds is 4. The van der Waals surface area contributed by atoms with Crippen LogP contribution in [0.15, 0.2) is 18.2 Å². The average molecular weight is 265 g/mol. The fourth-order valence-electron chi connectivity index (χ4n) is 2.23. The Kier molecular flexibility index (Phi) is 4.07. The molecule has 1 aliphatic rings. The zero-order valence-electron chi connectivity index (χ0n) is 11.4. The molecule has 104 valence electrons. The van der Waals surface area contributed by atoms with Gasteiger partial charge in [-0.1, -0.05) is 13.0 Å². The molecule has 0 saturated carbocycles. The number of fused-ring (bicyclic) bond motifs is 1. The summed E-state index contributed by atoms with van der Waals surface area (Å²) in [4.78, 5) is 11.7. The third kappa shape index (κ3) is 2.88. The van der Waals surface area contributed by atoms with Gasteiger partial charge in [0.15, 0.2) is 0 Å². The van der Waals surface area contributed by atoms with E-state index in [2.05, 4.69) is 0 Å². The van der Waals surface area contributed by atoms with Crippen molar-refractivity contribution in [2.75, 3.05) is 18.8 Å². The topological polar surface area (TPSA) is 59.0 Å². The smallest absolute Gasteiger partial charge is 0.253 e. The summed E-state index contributed by atoms with van der Waals surface area (Å²) >= 11 is 0. The predicted molar refractivity (Wildman–Crippen MR) is 70.5 cm³/mol. The van der Waals surface area contributed by atoms with Gasteiger partial charge in [0.25, 0.3) is 5.91 Å². The molecular weight excluding hydrogens is 246 g/mol. The van der Waals surface area contributed by atoms with Crippen molar-refractivity contribution in [3.05, 3.63) is 23.8 Å². The Bertz CT molecular complexity index is 475. The molecule has 0 radical (unpaired) electrons. The Balaban J connectivity index is 2.21. The molecule has 1 aromatic carbocycles. The van der Waals surface area contributed by atoms with E-state index in [1.54, 1.807) is 20.1 Å². The second-order valence-corrected chi connectivity index (χ2v) is 4.93. The van der Waals surface area contributed by atoms with Crippen LogP contribution in [-0.2, 0) is 16.0 Å². The van der Waals surface area contributed by atoms with Gasteiger partial charge < -0.3 is 9.47 Å². The molecule has 2 atom stereocenters. The van der Waals surface area contributed by atoms with Crippen LogP contribution in [0, 0.1) is 5.92 Å². The van der Waals surface area contributed by atoms with Gasteiger partial charge in [-0.25, -0.2) is 0 Å². The van der Waals surface area contributed by atoms with E-state index in [1.807, 2.05) is 19.1 Å². The Morgan fingerprint density at radius 1 is 1.53 bits per heavy atom. The zero-order valence-corrected chi connectivity index (χ0v) is 11.4. The molecule has 1 heterocycles. The van der Waals surface area contributed by atoms with Gasteiger partial charge in [-0.05, 0) is 25.0 Å². The molecule has 0 aromatic heterocycles. The van der Waals surface area contributed by atoms with Crippen LogP contribution < -0.4 is 9.80 Å². The number of anilines is 1. The number of amides is 1. The molecule has 19 heavy (non-hydrogen) atoms. The Morgan fingerprint density at radius 3 is 2.95 bits per heavy atom. The van der Waals surface area contributed by atoms with Crippen LogP contribution in [0.3, 0.4) is 0 Å². The maximum absolute atomic E-state index is 11.7. The molecular formula is C14H19NO4. The summed E-state index contributed by atoms with van der Waals surface area (Å²) in [6, 6.07) is 5.42. The molecule has 1 aliphatic heterocycles. The lowest BCUT2D eigenvalue weighted by Crippen LogP contribution is -2.37. The molecule has 1 unspecified atom stereocenters. The number of hydroxylamine groups is 1. The van der Waals surface area contributed by atoms with Crippen molar-refractivity contribution in [1.29, 1.82) is 0 Å². The maximum Gasteiger partial charge on any atom is 0.253 e.